The SMILES string of the molecule is CCc1cc(/C=C/c2nn3c(-c4ccccc4C)nnc3s2)c(OC)cc1OC. The number of nitrogens with zero attached hydrogens (tertiary/aromatic N) is 4. The number of fused-ring (bicyclic) bond motifs is 1. The largest absolute Gasteiger partial charge is 0.496 e. The lowest BCUT2D eigenvalue weighted by Crippen LogP contribution is -1.95. The van der Waals surface area contributed by atoms with Gasteiger partial charge in [-0.25, -0.2) is 0 Å². The van der Waals surface area contributed by atoms with E-state index in [0.717, 1.165) is 56.0 Å². The lowest BCUT2D eigenvalue weighted by Gasteiger charge is -2.12. The minimum Gasteiger partial charge on any atom is -0.496 e. The topological polar surface area (TPSA) is 61.5 Å². The van der Waals surface area contributed by atoms with Crippen molar-refractivity contribution in [3.8, 4) is 22.9 Å². The summed E-state index contributed by atoms with van der Waals surface area (Å²) < 4.78 is 12.8. The molecule has 2 aromatic carbocycles. The third kappa shape index (κ3) is 3.61. The monoisotopic (exact) mass is 406 g/mol. The first-order valence-electron chi connectivity index (χ1n) is 9.35. The normalized spacial score (nSPS) is 11.4. The molecule has 148 valence electrons. The highest BCUT2D eigenvalue weighted by Crippen LogP contribution is 2.31. The Balaban J connectivity index is 1.70. The fraction of sp³-hybridized carbons (Fsp3) is 0.227. The molecule has 2 aromatic heterocycles. The third-order valence-electron chi connectivity index (χ3n) is 4.81. The van der Waals surface area contributed by atoms with Crippen molar-refractivity contribution >= 4 is 28.4 Å². The minimum absolute atomic E-state index is 0.754. The number of rotatable bonds is 6. The van der Waals surface area contributed by atoms with E-state index >= 15 is 0 Å². The molecular formula is C22H22N4O2S. The highest BCUT2D eigenvalue weighted by molar-refractivity contribution is 7.17. The molecule has 0 N–H and O–H groups in total. The van der Waals surface area contributed by atoms with Crippen molar-refractivity contribution in [1.29, 1.82) is 0 Å². The Morgan fingerprint density at radius 2 is 1.83 bits per heavy atom. The van der Waals surface area contributed by atoms with Crippen molar-refractivity contribution < 1.29 is 9.47 Å². The highest BCUT2D eigenvalue weighted by atomic mass is 32.1. The van der Waals surface area contributed by atoms with Gasteiger partial charge in [-0.3, -0.25) is 0 Å². The fourth-order valence-corrected chi connectivity index (χ4v) is 3.99. The second kappa shape index (κ2) is 8.05. The molecule has 0 spiro atoms. The first kappa shape index (κ1) is 19.1. The summed E-state index contributed by atoms with van der Waals surface area (Å²) in [6, 6.07) is 12.1. The van der Waals surface area contributed by atoms with Crippen LogP contribution in [0.25, 0.3) is 28.5 Å². The van der Waals surface area contributed by atoms with Crippen LogP contribution in [0.2, 0.25) is 0 Å². The van der Waals surface area contributed by atoms with Crippen molar-refractivity contribution in [1.82, 2.24) is 19.8 Å². The summed E-state index contributed by atoms with van der Waals surface area (Å²) in [5.74, 6) is 2.35. The van der Waals surface area contributed by atoms with Gasteiger partial charge in [0.2, 0.25) is 4.96 Å². The van der Waals surface area contributed by atoms with E-state index in [1.165, 1.54) is 11.3 Å². The predicted molar refractivity (Wildman–Crippen MR) is 117 cm³/mol. The molecule has 4 aromatic rings. The number of hydrogen-bond donors (Lipinski definition) is 0. The van der Waals surface area contributed by atoms with E-state index < -0.39 is 0 Å². The minimum atomic E-state index is 0.754. The Labute approximate surface area is 173 Å². The van der Waals surface area contributed by atoms with Crippen LogP contribution in [-0.4, -0.2) is 34.0 Å². The smallest absolute Gasteiger partial charge is 0.235 e. The Morgan fingerprint density at radius 1 is 1.03 bits per heavy atom. The summed E-state index contributed by atoms with van der Waals surface area (Å²) in [4.78, 5) is 0.763. The van der Waals surface area contributed by atoms with Crippen molar-refractivity contribution in [2.45, 2.75) is 20.3 Å². The van der Waals surface area contributed by atoms with E-state index in [1.54, 1.807) is 18.7 Å². The third-order valence-corrected chi connectivity index (χ3v) is 5.68. The number of ether oxygens (including phenoxy) is 2. The number of aromatic nitrogens is 4. The maximum atomic E-state index is 5.53. The van der Waals surface area contributed by atoms with Crippen LogP contribution in [0, 0.1) is 6.92 Å². The van der Waals surface area contributed by atoms with E-state index in [4.69, 9.17) is 14.6 Å². The molecule has 4 rings (SSSR count). The zero-order chi connectivity index (χ0) is 20.4. The standard InChI is InChI=1S/C22H22N4O2S/c1-5-15-12-16(19(28-4)13-18(15)27-3)10-11-20-25-26-21(23-24-22(26)29-20)17-9-7-6-8-14(17)2/h6-13H,5H2,1-4H3/b11-10+. The van der Waals surface area contributed by atoms with Gasteiger partial charge in [0.25, 0.3) is 0 Å². The molecule has 0 atom stereocenters. The predicted octanol–water partition coefficient (Wildman–Crippen LogP) is 4.91. The van der Waals surface area contributed by atoms with Gasteiger partial charge >= 0.3 is 0 Å². The summed E-state index contributed by atoms with van der Waals surface area (Å²) in [6.45, 7) is 4.17. The van der Waals surface area contributed by atoms with Crippen LogP contribution in [0.4, 0.5) is 0 Å². The fourth-order valence-electron chi connectivity index (χ4n) is 3.25. The molecule has 0 aliphatic carbocycles. The van der Waals surface area contributed by atoms with E-state index in [0.29, 0.717) is 0 Å². The second-order valence-electron chi connectivity index (χ2n) is 6.57. The van der Waals surface area contributed by atoms with Crippen LogP contribution in [0.3, 0.4) is 0 Å². The first-order valence-corrected chi connectivity index (χ1v) is 10.2. The summed E-state index contributed by atoms with van der Waals surface area (Å²) in [5, 5.41) is 14.2. The number of benzene rings is 2. The van der Waals surface area contributed by atoms with E-state index in [2.05, 4.69) is 36.2 Å². The summed E-state index contributed by atoms with van der Waals surface area (Å²) in [5.41, 5.74) is 4.29. The average Bonchev–Trinajstić information content (AvgIpc) is 3.32. The molecule has 0 fully saturated rings. The van der Waals surface area contributed by atoms with Gasteiger partial charge in [0.05, 0.1) is 14.2 Å². The van der Waals surface area contributed by atoms with E-state index in [9.17, 15) is 0 Å². The Hall–Kier alpha value is -3.19. The van der Waals surface area contributed by atoms with Crippen molar-refractivity contribution in [3.05, 3.63) is 58.1 Å². The maximum absolute atomic E-state index is 5.53. The Bertz CT molecular complexity index is 1190. The zero-order valence-corrected chi connectivity index (χ0v) is 17.7. The van der Waals surface area contributed by atoms with Gasteiger partial charge < -0.3 is 9.47 Å². The van der Waals surface area contributed by atoms with Gasteiger partial charge in [-0.15, -0.1) is 10.2 Å². The van der Waals surface area contributed by atoms with Gasteiger partial charge in [-0.05, 0) is 42.7 Å². The summed E-state index contributed by atoms with van der Waals surface area (Å²) in [6.07, 6.45) is 4.87. The van der Waals surface area contributed by atoms with Gasteiger partial charge in [-0.1, -0.05) is 42.5 Å². The lowest BCUT2D eigenvalue weighted by molar-refractivity contribution is 0.391. The summed E-state index contributed by atoms with van der Waals surface area (Å²) >= 11 is 1.49. The molecule has 0 amide bonds. The average molecular weight is 407 g/mol. The molecule has 0 radical (unpaired) electrons. The van der Waals surface area contributed by atoms with Gasteiger partial charge in [0, 0.05) is 17.2 Å². The van der Waals surface area contributed by atoms with Crippen LogP contribution in [0.1, 0.15) is 28.6 Å². The van der Waals surface area contributed by atoms with Crippen LogP contribution >= 0.6 is 11.3 Å². The highest BCUT2D eigenvalue weighted by Gasteiger charge is 2.14. The lowest BCUT2D eigenvalue weighted by atomic mass is 10.1. The molecule has 0 saturated carbocycles. The maximum Gasteiger partial charge on any atom is 0.235 e. The van der Waals surface area contributed by atoms with Crippen molar-refractivity contribution in [2.24, 2.45) is 0 Å². The number of hydrogen-bond acceptors (Lipinski definition) is 6. The molecule has 6 nitrogen and oxygen atoms in total. The van der Waals surface area contributed by atoms with Gasteiger partial charge in [-0.2, -0.15) is 9.61 Å². The zero-order valence-electron chi connectivity index (χ0n) is 16.8. The number of methoxy groups -OCH3 is 2. The van der Waals surface area contributed by atoms with E-state index in [1.807, 2.05) is 36.4 Å². The Morgan fingerprint density at radius 3 is 2.55 bits per heavy atom. The van der Waals surface area contributed by atoms with Gasteiger partial charge in [0.1, 0.15) is 16.5 Å². The molecule has 2 heterocycles. The van der Waals surface area contributed by atoms with Crippen LogP contribution in [-0.2, 0) is 6.42 Å². The molecule has 7 heteroatoms. The molecular weight excluding hydrogens is 384 g/mol. The molecule has 0 aliphatic heterocycles. The van der Waals surface area contributed by atoms with Crippen LogP contribution in [0.5, 0.6) is 11.5 Å². The van der Waals surface area contributed by atoms with Gasteiger partial charge in [0.15, 0.2) is 5.82 Å². The first-order chi connectivity index (χ1) is 14.1. The quantitative estimate of drug-likeness (QED) is 0.455. The summed E-state index contributed by atoms with van der Waals surface area (Å²) in [7, 11) is 3.34. The molecule has 0 aliphatic rings. The molecule has 0 saturated heterocycles. The van der Waals surface area contributed by atoms with Crippen LogP contribution in [0.15, 0.2) is 36.4 Å². The Kier molecular flexibility index (Phi) is 5.31. The second-order valence-corrected chi connectivity index (χ2v) is 7.55. The molecule has 0 unspecified atom stereocenters. The molecule has 29 heavy (non-hydrogen) atoms. The van der Waals surface area contributed by atoms with Crippen molar-refractivity contribution in [3.63, 3.8) is 0 Å². The van der Waals surface area contributed by atoms with Crippen molar-refractivity contribution in [2.75, 3.05) is 14.2 Å². The van der Waals surface area contributed by atoms with E-state index in [-0.39, 0.29) is 0 Å². The number of aryl methyl sites for hydroxylation is 2. The van der Waals surface area contributed by atoms with Crippen LogP contribution < -0.4 is 9.47 Å². The molecule has 0 bridgehead atoms.